The lowest BCUT2D eigenvalue weighted by molar-refractivity contribution is -0.138. The summed E-state index contributed by atoms with van der Waals surface area (Å²) in [5, 5.41) is 9.31. The summed E-state index contributed by atoms with van der Waals surface area (Å²) < 4.78 is 4.99. The number of carbonyl (C=O) groups is 1. The van der Waals surface area contributed by atoms with E-state index < -0.39 is 12.0 Å². The van der Waals surface area contributed by atoms with E-state index in [-0.39, 0.29) is 24.0 Å². The van der Waals surface area contributed by atoms with Crippen LogP contribution in [0.1, 0.15) is 18.4 Å². The Morgan fingerprint density at radius 1 is 1.31 bits per heavy atom. The molecular formula is C16H24ClN5O4. The zero-order valence-corrected chi connectivity index (χ0v) is 15.2. The molecule has 9 nitrogen and oxygen atoms in total. The lowest BCUT2D eigenvalue weighted by Crippen LogP contribution is -2.30. The third-order valence-corrected chi connectivity index (χ3v) is 3.26. The summed E-state index contributed by atoms with van der Waals surface area (Å²) in [4.78, 5) is 24.9. The number of fused-ring (bicyclic) bond motifs is 1. The standard InChI is InChI=1S/C10H9NO2.C6H14N4O2.ClH/c1-6-4-10(12)13-9-5-7(11)2-3-8(6)9;7-4(5(11)12)2-1-3-10-6(8)9;/h2-5H,11H2,1H3;4H,1-3,7H2,(H,11,12)(H4,8,9,10);1H/t;4-;/m.0./s1. The van der Waals surface area contributed by atoms with Crippen molar-refractivity contribution >= 4 is 41.0 Å². The van der Waals surface area contributed by atoms with Crippen molar-refractivity contribution in [2.75, 3.05) is 12.3 Å². The van der Waals surface area contributed by atoms with Crippen LogP contribution >= 0.6 is 12.4 Å². The number of hydrogen-bond donors (Lipinski definition) is 5. The lowest BCUT2D eigenvalue weighted by Gasteiger charge is -2.03. The fourth-order valence-corrected chi connectivity index (χ4v) is 1.98. The van der Waals surface area contributed by atoms with E-state index in [0.717, 1.165) is 10.9 Å². The number of aliphatic carboxylic acids is 1. The number of anilines is 1. The first kappa shape index (κ1) is 23.2. The van der Waals surface area contributed by atoms with E-state index in [1.807, 2.05) is 13.0 Å². The summed E-state index contributed by atoms with van der Waals surface area (Å²) in [5.74, 6) is -0.987. The maximum atomic E-state index is 11.0. The zero-order chi connectivity index (χ0) is 19.0. The molecule has 1 aromatic carbocycles. The van der Waals surface area contributed by atoms with Crippen LogP contribution in [-0.4, -0.2) is 29.6 Å². The molecule has 26 heavy (non-hydrogen) atoms. The molecule has 10 heteroatoms. The van der Waals surface area contributed by atoms with Crippen molar-refractivity contribution in [3.05, 3.63) is 40.2 Å². The van der Waals surface area contributed by atoms with E-state index in [2.05, 4.69) is 4.99 Å². The number of carboxylic acids is 1. The lowest BCUT2D eigenvalue weighted by atomic mass is 10.1. The maximum Gasteiger partial charge on any atom is 0.336 e. The van der Waals surface area contributed by atoms with Crippen molar-refractivity contribution < 1.29 is 14.3 Å². The second-order valence-corrected chi connectivity index (χ2v) is 5.40. The van der Waals surface area contributed by atoms with Crippen LogP contribution in [0.25, 0.3) is 11.0 Å². The van der Waals surface area contributed by atoms with Gasteiger partial charge in [0.05, 0.1) is 0 Å². The number of rotatable bonds is 5. The number of nitrogens with zero attached hydrogens (tertiary/aromatic N) is 1. The molecule has 0 bridgehead atoms. The fourth-order valence-electron chi connectivity index (χ4n) is 1.98. The van der Waals surface area contributed by atoms with E-state index in [9.17, 15) is 9.59 Å². The van der Waals surface area contributed by atoms with Crippen molar-refractivity contribution in [3.8, 4) is 0 Å². The molecular weight excluding hydrogens is 362 g/mol. The summed E-state index contributed by atoms with van der Waals surface area (Å²) in [6, 6.07) is 5.94. The molecule has 0 aliphatic rings. The van der Waals surface area contributed by atoms with Gasteiger partial charge in [0, 0.05) is 29.8 Å². The molecule has 144 valence electrons. The highest BCUT2D eigenvalue weighted by Crippen LogP contribution is 2.18. The van der Waals surface area contributed by atoms with Crippen LogP contribution in [0.2, 0.25) is 0 Å². The predicted octanol–water partition coefficient (Wildman–Crippen LogP) is 0.557. The number of guanidine groups is 1. The first-order chi connectivity index (χ1) is 11.7. The van der Waals surface area contributed by atoms with Crippen LogP contribution in [0.4, 0.5) is 5.69 Å². The van der Waals surface area contributed by atoms with Crippen LogP contribution < -0.4 is 28.6 Å². The van der Waals surface area contributed by atoms with Gasteiger partial charge in [0.15, 0.2) is 5.96 Å². The van der Waals surface area contributed by atoms with Gasteiger partial charge >= 0.3 is 11.6 Å². The van der Waals surface area contributed by atoms with Gasteiger partial charge in [0.2, 0.25) is 0 Å². The molecule has 0 unspecified atom stereocenters. The average molecular weight is 386 g/mol. The fraction of sp³-hybridized carbons (Fsp3) is 0.312. The monoisotopic (exact) mass is 385 g/mol. The molecule has 0 radical (unpaired) electrons. The topological polar surface area (TPSA) is 184 Å². The third kappa shape index (κ3) is 7.86. The number of aliphatic imine (C=N–C) groups is 1. The zero-order valence-electron chi connectivity index (χ0n) is 14.3. The largest absolute Gasteiger partial charge is 0.480 e. The van der Waals surface area contributed by atoms with Crippen LogP contribution in [0.15, 0.2) is 38.5 Å². The van der Waals surface area contributed by atoms with Gasteiger partial charge in [-0.05, 0) is 37.5 Å². The maximum absolute atomic E-state index is 11.0. The van der Waals surface area contributed by atoms with E-state index in [0.29, 0.717) is 30.7 Å². The minimum absolute atomic E-state index is 0. The van der Waals surface area contributed by atoms with Crippen molar-refractivity contribution in [2.45, 2.75) is 25.8 Å². The van der Waals surface area contributed by atoms with Crippen molar-refractivity contribution in [1.82, 2.24) is 0 Å². The predicted molar refractivity (Wildman–Crippen MR) is 104 cm³/mol. The molecule has 0 spiro atoms. The number of benzene rings is 1. The molecule has 0 saturated carbocycles. The first-order valence-corrected chi connectivity index (χ1v) is 7.54. The summed E-state index contributed by atoms with van der Waals surface area (Å²) in [5.41, 5.74) is 22.6. The van der Waals surface area contributed by atoms with Crippen molar-refractivity contribution in [3.63, 3.8) is 0 Å². The van der Waals surface area contributed by atoms with Crippen LogP contribution in [-0.2, 0) is 4.79 Å². The summed E-state index contributed by atoms with van der Waals surface area (Å²) >= 11 is 0. The number of aryl methyl sites for hydroxylation is 1. The second kappa shape index (κ2) is 11.0. The van der Waals surface area contributed by atoms with Gasteiger partial charge in [0.1, 0.15) is 11.6 Å². The van der Waals surface area contributed by atoms with Gasteiger partial charge in [-0.3, -0.25) is 9.79 Å². The summed E-state index contributed by atoms with van der Waals surface area (Å²) in [6.07, 6.45) is 0.956. The average Bonchev–Trinajstić information content (AvgIpc) is 2.50. The molecule has 2 aromatic rings. The minimum atomic E-state index is -1.00. The Labute approximate surface area is 156 Å². The van der Waals surface area contributed by atoms with Crippen LogP contribution in [0.5, 0.6) is 0 Å². The highest BCUT2D eigenvalue weighted by Gasteiger charge is 2.09. The molecule has 0 fully saturated rings. The van der Waals surface area contributed by atoms with Gasteiger partial charge in [-0.2, -0.15) is 0 Å². The van der Waals surface area contributed by atoms with Gasteiger partial charge in [0.25, 0.3) is 0 Å². The molecule has 0 aliphatic heterocycles. The Hall–Kier alpha value is -2.78. The Morgan fingerprint density at radius 2 is 1.96 bits per heavy atom. The Balaban J connectivity index is 0.000000466. The number of halogens is 1. The summed E-state index contributed by atoms with van der Waals surface area (Å²) in [7, 11) is 0. The number of nitrogen functional groups attached to an aromatic ring is 1. The van der Waals surface area contributed by atoms with Gasteiger partial charge in [-0.15, -0.1) is 12.4 Å². The normalized spacial score (nSPS) is 10.8. The van der Waals surface area contributed by atoms with E-state index in [1.54, 1.807) is 12.1 Å². The van der Waals surface area contributed by atoms with Gasteiger partial charge < -0.3 is 32.5 Å². The van der Waals surface area contributed by atoms with E-state index >= 15 is 0 Å². The SMILES string of the molecule is Cc1cc(=O)oc2cc(N)ccc12.Cl.NC(N)=NCCC[C@H](N)C(=O)O. The highest BCUT2D eigenvalue weighted by molar-refractivity contribution is 5.85. The second-order valence-electron chi connectivity index (χ2n) is 5.40. The van der Waals surface area contributed by atoms with E-state index in [1.165, 1.54) is 6.07 Å². The molecule has 0 saturated heterocycles. The molecule has 1 aromatic heterocycles. The van der Waals surface area contributed by atoms with Crippen LogP contribution in [0, 0.1) is 6.92 Å². The Bertz CT molecular complexity index is 818. The Kier molecular flexibility index (Phi) is 9.78. The number of nitrogens with two attached hydrogens (primary N) is 4. The highest BCUT2D eigenvalue weighted by atomic mass is 35.5. The Morgan fingerprint density at radius 3 is 2.54 bits per heavy atom. The molecule has 2 rings (SSSR count). The quantitative estimate of drug-likeness (QED) is 0.162. The molecule has 1 heterocycles. The minimum Gasteiger partial charge on any atom is -0.480 e. The summed E-state index contributed by atoms with van der Waals surface area (Å²) in [6.45, 7) is 2.29. The number of hydrogen-bond acceptors (Lipinski definition) is 6. The molecule has 0 aliphatic carbocycles. The van der Waals surface area contributed by atoms with Crippen molar-refractivity contribution in [1.29, 1.82) is 0 Å². The smallest absolute Gasteiger partial charge is 0.336 e. The number of carboxylic acid groups (broad SMARTS) is 1. The van der Waals surface area contributed by atoms with Gasteiger partial charge in [-0.25, -0.2) is 4.79 Å². The van der Waals surface area contributed by atoms with Gasteiger partial charge in [-0.1, -0.05) is 0 Å². The molecule has 1 atom stereocenters. The molecule has 0 amide bonds. The van der Waals surface area contributed by atoms with Crippen molar-refractivity contribution in [2.24, 2.45) is 22.2 Å². The van der Waals surface area contributed by atoms with E-state index in [4.69, 9.17) is 32.5 Å². The first-order valence-electron chi connectivity index (χ1n) is 7.54. The third-order valence-electron chi connectivity index (χ3n) is 3.26. The van der Waals surface area contributed by atoms with Crippen LogP contribution in [0.3, 0.4) is 0 Å². The molecule has 9 N–H and O–H groups in total.